The first kappa shape index (κ1) is 38.2. The van der Waals surface area contributed by atoms with Gasteiger partial charge in [0.15, 0.2) is 0 Å². The Morgan fingerprint density at radius 1 is 0.744 bits per heavy atom. The summed E-state index contributed by atoms with van der Waals surface area (Å²) in [5, 5.41) is 52.0. The Kier molecular flexibility index (Phi) is 19.9. The zero-order valence-electron chi connectivity index (χ0n) is 27.2. The van der Waals surface area contributed by atoms with Gasteiger partial charge in [-0.15, -0.1) is 0 Å². The average Bonchev–Trinajstić information content (AvgIpc) is 3.58. The van der Waals surface area contributed by atoms with Crippen molar-refractivity contribution >= 4 is 5.97 Å². The number of aliphatic hydroxyl groups is 5. The van der Waals surface area contributed by atoms with Crippen molar-refractivity contribution in [2.24, 2.45) is 0 Å². The highest BCUT2D eigenvalue weighted by molar-refractivity contribution is 5.90. The Labute approximate surface area is 261 Å². The van der Waals surface area contributed by atoms with E-state index in [1.54, 1.807) is 6.08 Å². The summed E-state index contributed by atoms with van der Waals surface area (Å²) in [6.45, 7) is 4.05. The molecule has 0 spiro atoms. The Morgan fingerprint density at radius 3 is 1.95 bits per heavy atom. The molecular weight excluding hydrogens is 548 g/mol. The van der Waals surface area contributed by atoms with Crippen LogP contribution >= 0.6 is 0 Å². The second kappa shape index (κ2) is 22.5. The molecule has 2 rings (SSSR count). The molecule has 8 atom stereocenters. The van der Waals surface area contributed by atoms with E-state index in [0.717, 1.165) is 57.8 Å². The first-order valence-corrected chi connectivity index (χ1v) is 17.7. The summed E-state index contributed by atoms with van der Waals surface area (Å²) in [4.78, 5) is 11.7. The molecule has 0 aromatic rings. The molecule has 0 radical (unpaired) electrons. The van der Waals surface area contributed by atoms with E-state index >= 15 is 0 Å². The third-order valence-electron chi connectivity index (χ3n) is 9.23. The number of cyclic esters (lactones) is 1. The summed E-state index contributed by atoms with van der Waals surface area (Å²) in [5.41, 5.74) is 0.571. The Morgan fingerprint density at radius 2 is 1.33 bits per heavy atom. The lowest BCUT2D eigenvalue weighted by atomic mass is 9.96. The first-order valence-electron chi connectivity index (χ1n) is 17.7. The largest absolute Gasteiger partial charge is 0.455 e. The number of ether oxygens (including phenoxy) is 2. The van der Waals surface area contributed by atoms with E-state index in [4.69, 9.17) is 9.47 Å². The van der Waals surface area contributed by atoms with Crippen LogP contribution in [0, 0.1) is 0 Å². The quantitative estimate of drug-likeness (QED) is 0.0590. The zero-order valence-corrected chi connectivity index (χ0v) is 27.2. The highest BCUT2D eigenvalue weighted by Crippen LogP contribution is 2.28. The van der Waals surface area contributed by atoms with Crippen LogP contribution < -0.4 is 0 Å². The van der Waals surface area contributed by atoms with Gasteiger partial charge in [-0.1, -0.05) is 96.8 Å². The number of esters is 1. The summed E-state index contributed by atoms with van der Waals surface area (Å²) in [5.74, 6) is -0.320. The summed E-state index contributed by atoms with van der Waals surface area (Å²) in [6.07, 6.45) is 17.9. The van der Waals surface area contributed by atoms with Crippen LogP contribution in [0.1, 0.15) is 155 Å². The van der Waals surface area contributed by atoms with E-state index < -0.39 is 30.5 Å². The van der Waals surface area contributed by atoms with Gasteiger partial charge in [-0.2, -0.15) is 0 Å². The van der Waals surface area contributed by atoms with Crippen molar-refractivity contribution in [3.8, 4) is 0 Å². The molecule has 43 heavy (non-hydrogen) atoms. The van der Waals surface area contributed by atoms with E-state index in [-0.39, 0.29) is 30.7 Å². The third-order valence-corrected chi connectivity index (χ3v) is 9.23. The minimum absolute atomic E-state index is 0.104. The molecule has 1 fully saturated rings. The Balaban J connectivity index is 1.47. The molecule has 2 aliphatic rings. The fourth-order valence-corrected chi connectivity index (χ4v) is 6.44. The van der Waals surface area contributed by atoms with Gasteiger partial charge < -0.3 is 35.0 Å². The standard InChI is InChI=1S/C35H64O8/c1-3-4-5-6-7-8-9-10-11-12-16-19-31(38)34(40)32(39)22-21-30(37)33-23-20-29(43-33)18-15-13-14-17-28(36)25-27-24-26(2)42-35(27)41/h24,26,28-34,36-40H,3-23,25H2,1-2H3. The second-order valence-corrected chi connectivity index (χ2v) is 13.3. The maximum absolute atomic E-state index is 11.7. The molecule has 8 heteroatoms. The van der Waals surface area contributed by atoms with Crippen molar-refractivity contribution in [2.75, 3.05) is 0 Å². The maximum atomic E-state index is 11.7. The van der Waals surface area contributed by atoms with Gasteiger partial charge in [-0.3, -0.25) is 0 Å². The van der Waals surface area contributed by atoms with Crippen LogP contribution in [0.3, 0.4) is 0 Å². The molecule has 1 saturated heterocycles. The van der Waals surface area contributed by atoms with Gasteiger partial charge in [-0.25, -0.2) is 4.79 Å². The first-order chi connectivity index (χ1) is 20.7. The van der Waals surface area contributed by atoms with E-state index in [2.05, 4.69) is 6.92 Å². The van der Waals surface area contributed by atoms with Crippen LogP contribution in [-0.2, 0) is 14.3 Å². The van der Waals surface area contributed by atoms with Crippen molar-refractivity contribution < 1.29 is 39.8 Å². The smallest absolute Gasteiger partial charge is 0.334 e. The molecule has 0 amide bonds. The van der Waals surface area contributed by atoms with E-state index in [1.165, 1.54) is 51.4 Å². The minimum Gasteiger partial charge on any atom is -0.455 e. The van der Waals surface area contributed by atoms with Gasteiger partial charge >= 0.3 is 5.97 Å². The van der Waals surface area contributed by atoms with E-state index in [0.29, 0.717) is 31.3 Å². The summed E-state index contributed by atoms with van der Waals surface area (Å²) in [6, 6.07) is 0. The van der Waals surface area contributed by atoms with Gasteiger partial charge in [0.25, 0.3) is 0 Å². The van der Waals surface area contributed by atoms with Gasteiger partial charge in [0.1, 0.15) is 12.2 Å². The second-order valence-electron chi connectivity index (χ2n) is 13.3. The number of unbranched alkanes of at least 4 members (excludes halogenated alkanes) is 12. The van der Waals surface area contributed by atoms with Crippen molar-refractivity contribution in [1.82, 2.24) is 0 Å². The molecule has 0 aliphatic carbocycles. The highest BCUT2D eigenvalue weighted by Gasteiger charge is 2.32. The monoisotopic (exact) mass is 612 g/mol. The Bertz CT molecular complexity index is 758. The van der Waals surface area contributed by atoms with Crippen LogP contribution in [-0.4, -0.2) is 80.3 Å². The van der Waals surface area contributed by atoms with Gasteiger partial charge in [0, 0.05) is 12.0 Å². The molecule has 2 heterocycles. The molecule has 0 aromatic heterocycles. The number of aliphatic hydroxyl groups excluding tert-OH is 5. The topological polar surface area (TPSA) is 137 Å². The molecule has 0 bridgehead atoms. The van der Waals surface area contributed by atoms with Gasteiger partial charge in [0.05, 0.1) is 36.6 Å². The molecule has 8 nitrogen and oxygen atoms in total. The number of rotatable bonds is 26. The van der Waals surface area contributed by atoms with Crippen molar-refractivity contribution in [3.63, 3.8) is 0 Å². The molecule has 0 aromatic carbocycles. The average molecular weight is 613 g/mol. The van der Waals surface area contributed by atoms with Gasteiger partial charge in [-0.05, 0) is 57.9 Å². The lowest BCUT2D eigenvalue weighted by Gasteiger charge is -2.25. The number of carbonyl (C=O) groups excluding carboxylic acids is 1. The van der Waals surface area contributed by atoms with Crippen LogP contribution in [0.4, 0.5) is 0 Å². The number of hydrogen-bond donors (Lipinski definition) is 5. The lowest BCUT2D eigenvalue weighted by Crippen LogP contribution is -2.38. The number of carbonyl (C=O) groups is 1. The van der Waals surface area contributed by atoms with Crippen LogP contribution in [0.5, 0.6) is 0 Å². The Hall–Kier alpha value is -1.03. The van der Waals surface area contributed by atoms with Crippen LogP contribution in [0.15, 0.2) is 11.6 Å². The molecule has 5 N–H and O–H groups in total. The van der Waals surface area contributed by atoms with Crippen LogP contribution in [0.2, 0.25) is 0 Å². The lowest BCUT2D eigenvalue weighted by molar-refractivity contribution is -0.139. The van der Waals surface area contributed by atoms with E-state index in [9.17, 15) is 30.3 Å². The minimum atomic E-state index is -1.20. The molecule has 2 aliphatic heterocycles. The number of hydrogen-bond acceptors (Lipinski definition) is 8. The summed E-state index contributed by atoms with van der Waals surface area (Å²) < 4.78 is 11.1. The SMILES string of the molecule is CCCCCCCCCCCCCC(O)C(O)C(O)CCC(O)C1CCC(CCCCCC(O)CC2=CC(C)OC2=O)O1. The predicted octanol–water partition coefficient (Wildman–Crippen LogP) is 6.03. The van der Waals surface area contributed by atoms with E-state index in [1.807, 2.05) is 6.92 Å². The summed E-state index contributed by atoms with van der Waals surface area (Å²) >= 11 is 0. The molecule has 252 valence electrons. The fraction of sp³-hybridized carbons (Fsp3) is 0.914. The summed E-state index contributed by atoms with van der Waals surface area (Å²) in [7, 11) is 0. The third kappa shape index (κ3) is 16.2. The molecule has 8 unspecified atom stereocenters. The zero-order chi connectivity index (χ0) is 31.5. The van der Waals surface area contributed by atoms with Gasteiger partial charge in [0.2, 0.25) is 0 Å². The van der Waals surface area contributed by atoms with Crippen molar-refractivity contribution in [3.05, 3.63) is 11.6 Å². The van der Waals surface area contributed by atoms with Crippen molar-refractivity contribution in [2.45, 2.75) is 204 Å². The normalized spacial score (nSPS) is 24.0. The van der Waals surface area contributed by atoms with Crippen molar-refractivity contribution in [1.29, 1.82) is 0 Å². The molecular formula is C35H64O8. The van der Waals surface area contributed by atoms with Crippen LogP contribution in [0.25, 0.3) is 0 Å². The molecule has 0 saturated carbocycles. The fourth-order valence-electron chi connectivity index (χ4n) is 6.44. The maximum Gasteiger partial charge on any atom is 0.334 e. The predicted molar refractivity (Wildman–Crippen MR) is 170 cm³/mol. The highest BCUT2D eigenvalue weighted by atomic mass is 16.5.